The molecule has 0 saturated carbocycles. The third kappa shape index (κ3) is 3.76. The highest BCUT2D eigenvalue weighted by Gasteiger charge is 2.24. The molecular formula is C22H16N2O4. The van der Waals surface area contributed by atoms with Crippen molar-refractivity contribution < 1.29 is 19.1 Å². The molecule has 138 valence electrons. The highest BCUT2D eigenvalue weighted by Crippen LogP contribution is 2.23. The first kappa shape index (κ1) is 17.5. The zero-order valence-electron chi connectivity index (χ0n) is 14.8. The summed E-state index contributed by atoms with van der Waals surface area (Å²) in [6.45, 7) is -0.188. The van der Waals surface area contributed by atoms with E-state index >= 15 is 0 Å². The summed E-state index contributed by atoms with van der Waals surface area (Å²) in [5.74, 6) is -0.258. The van der Waals surface area contributed by atoms with Crippen LogP contribution in [0.1, 0.15) is 11.1 Å². The van der Waals surface area contributed by atoms with Gasteiger partial charge in [0.2, 0.25) is 5.90 Å². The first-order chi connectivity index (χ1) is 13.6. The lowest BCUT2D eigenvalue weighted by Gasteiger charge is -2.03. The van der Waals surface area contributed by atoms with Gasteiger partial charge in [0.15, 0.2) is 12.3 Å². The fourth-order valence-electron chi connectivity index (χ4n) is 2.83. The molecular weight excluding hydrogens is 356 g/mol. The Morgan fingerprint density at radius 3 is 2.54 bits per heavy atom. The number of aliphatic imine (C=N–C) groups is 1. The summed E-state index contributed by atoms with van der Waals surface area (Å²) < 4.78 is 10.5. The second-order valence-electron chi connectivity index (χ2n) is 6.22. The zero-order chi connectivity index (χ0) is 19.5. The maximum absolute atomic E-state index is 12.2. The van der Waals surface area contributed by atoms with Crippen molar-refractivity contribution in [1.82, 2.24) is 0 Å². The van der Waals surface area contributed by atoms with Crippen molar-refractivity contribution >= 4 is 34.6 Å². The summed E-state index contributed by atoms with van der Waals surface area (Å²) in [6.07, 6.45) is 1.63. The number of primary amides is 1. The van der Waals surface area contributed by atoms with Gasteiger partial charge in [-0.2, -0.15) is 0 Å². The SMILES string of the molecule is NC(=O)COc1ccc(/C=C2/N=C(c3ccc4ccccc4c3)OC2=O)cc1. The second-order valence-corrected chi connectivity index (χ2v) is 6.22. The molecule has 0 radical (unpaired) electrons. The number of carbonyl (C=O) groups excluding carboxylic acids is 2. The Bertz CT molecular complexity index is 1130. The van der Waals surface area contributed by atoms with Crippen LogP contribution in [0.3, 0.4) is 0 Å². The van der Waals surface area contributed by atoms with Crippen LogP contribution in [0.5, 0.6) is 5.75 Å². The smallest absolute Gasteiger partial charge is 0.363 e. The Balaban J connectivity index is 1.56. The lowest BCUT2D eigenvalue weighted by Crippen LogP contribution is -2.19. The fraction of sp³-hybridized carbons (Fsp3) is 0.0455. The van der Waals surface area contributed by atoms with Gasteiger partial charge in [-0.25, -0.2) is 9.79 Å². The van der Waals surface area contributed by atoms with Crippen LogP contribution in [0.15, 0.2) is 77.4 Å². The van der Waals surface area contributed by atoms with Crippen molar-refractivity contribution in [3.63, 3.8) is 0 Å². The standard InChI is InChI=1S/C22H16N2O4/c23-20(25)13-27-18-9-5-14(6-10-18)11-19-22(26)28-21(24-19)17-8-7-15-3-1-2-4-16(15)12-17/h1-12H,13H2,(H2,23,25)/b19-11+. The Hall–Kier alpha value is -3.93. The number of ether oxygens (including phenoxy) is 2. The highest BCUT2D eigenvalue weighted by molar-refractivity contribution is 6.13. The molecule has 6 heteroatoms. The number of carbonyl (C=O) groups is 2. The van der Waals surface area contributed by atoms with Crippen molar-refractivity contribution in [3.8, 4) is 5.75 Å². The Morgan fingerprint density at radius 2 is 1.79 bits per heavy atom. The van der Waals surface area contributed by atoms with Gasteiger partial charge in [0.1, 0.15) is 5.75 Å². The van der Waals surface area contributed by atoms with Gasteiger partial charge in [-0.15, -0.1) is 0 Å². The molecule has 0 saturated heterocycles. The van der Waals surface area contributed by atoms with Crippen molar-refractivity contribution in [2.75, 3.05) is 6.61 Å². The van der Waals surface area contributed by atoms with E-state index in [9.17, 15) is 9.59 Å². The largest absolute Gasteiger partial charge is 0.484 e. The maximum Gasteiger partial charge on any atom is 0.363 e. The van der Waals surface area contributed by atoms with E-state index in [0.29, 0.717) is 5.75 Å². The predicted molar refractivity (Wildman–Crippen MR) is 106 cm³/mol. The molecule has 1 heterocycles. The molecule has 0 spiro atoms. The summed E-state index contributed by atoms with van der Waals surface area (Å²) in [5.41, 5.74) is 6.76. The number of rotatable bonds is 5. The molecule has 1 aliphatic heterocycles. The number of hydrogen-bond donors (Lipinski definition) is 1. The van der Waals surface area contributed by atoms with Crippen molar-refractivity contribution in [3.05, 3.63) is 83.6 Å². The average Bonchev–Trinajstić information content (AvgIpc) is 3.07. The minimum absolute atomic E-state index is 0.188. The van der Waals surface area contributed by atoms with Crippen molar-refractivity contribution in [2.24, 2.45) is 10.7 Å². The molecule has 4 rings (SSSR count). The first-order valence-corrected chi connectivity index (χ1v) is 8.61. The summed E-state index contributed by atoms with van der Waals surface area (Å²) >= 11 is 0. The molecule has 0 fully saturated rings. The van der Waals surface area contributed by atoms with Crippen LogP contribution in [0.4, 0.5) is 0 Å². The van der Waals surface area contributed by atoms with Crippen LogP contribution in [-0.2, 0) is 14.3 Å². The van der Waals surface area contributed by atoms with E-state index < -0.39 is 11.9 Å². The van der Waals surface area contributed by atoms with Gasteiger partial charge in [0.05, 0.1) is 0 Å². The predicted octanol–water partition coefficient (Wildman–Crippen LogP) is 3.05. The molecule has 1 amide bonds. The number of esters is 1. The van der Waals surface area contributed by atoms with Crippen LogP contribution in [-0.4, -0.2) is 24.4 Å². The second kappa shape index (κ2) is 7.36. The molecule has 6 nitrogen and oxygen atoms in total. The minimum atomic E-state index is -0.546. The molecule has 2 N–H and O–H groups in total. The van der Waals surface area contributed by atoms with Gasteiger partial charge >= 0.3 is 5.97 Å². The third-order valence-electron chi connectivity index (χ3n) is 4.18. The van der Waals surface area contributed by atoms with Gasteiger partial charge in [-0.05, 0) is 46.7 Å². The van der Waals surface area contributed by atoms with Gasteiger partial charge in [0, 0.05) is 5.56 Å². The van der Waals surface area contributed by atoms with E-state index in [4.69, 9.17) is 15.2 Å². The van der Waals surface area contributed by atoms with E-state index in [-0.39, 0.29) is 18.2 Å². The average molecular weight is 372 g/mol. The van der Waals surface area contributed by atoms with E-state index in [1.54, 1.807) is 30.3 Å². The van der Waals surface area contributed by atoms with Gasteiger partial charge in [-0.1, -0.05) is 42.5 Å². The minimum Gasteiger partial charge on any atom is -0.484 e. The van der Waals surface area contributed by atoms with Crippen molar-refractivity contribution in [2.45, 2.75) is 0 Å². The lowest BCUT2D eigenvalue weighted by molar-refractivity contribution is -0.130. The molecule has 0 aliphatic carbocycles. The summed E-state index contributed by atoms with van der Waals surface area (Å²) in [5, 5.41) is 2.15. The van der Waals surface area contributed by atoms with Crippen LogP contribution in [0.2, 0.25) is 0 Å². The quantitative estimate of drug-likeness (QED) is 0.550. The van der Waals surface area contributed by atoms with Crippen LogP contribution >= 0.6 is 0 Å². The van der Waals surface area contributed by atoms with Gasteiger partial charge in [0.25, 0.3) is 5.91 Å². The number of fused-ring (bicyclic) bond motifs is 1. The first-order valence-electron chi connectivity index (χ1n) is 8.61. The van der Waals surface area contributed by atoms with Crippen LogP contribution < -0.4 is 10.5 Å². The van der Waals surface area contributed by atoms with Gasteiger partial charge < -0.3 is 15.2 Å². The number of benzene rings is 3. The molecule has 0 aromatic heterocycles. The summed E-state index contributed by atoms with van der Waals surface area (Å²) in [6, 6.07) is 20.6. The number of cyclic esters (lactones) is 1. The molecule has 3 aromatic rings. The van der Waals surface area contributed by atoms with Crippen molar-refractivity contribution in [1.29, 1.82) is 0 Å². The van der Waals surface area contributed by atoms with Crippen LogP contribution in [0, 0.1) is 0 Å². The number of amides is 1. The molecule has 28 heavy (non-hydrogen) atoms. The Labute approximate surface area is 160 Å². The Morgan fingerprint density at radius 1 is 1.04 bits per heavy atom. The van der Waals surface area contributed by atoms with E-state index in [2.05, 4.69) is 4.99 Å². The fourth-order valence-corrected chi connectivity index (χ4v) is 2.83. The zero-order valence-corrected chi connectivity index (χ0v) is 14.8. The summed E-state index contributed by atoms with van der Waals surface area (Å²) in [4.78, 5) is 27.3. The number of nitrogens with zero attached hydrogens (tertiary/aromatic N) is 1. The highest BCUT2D eigenvalue weighted by atomic mass is 16.6. The number of hydrogen-bond acceptors (Lipinski definition) is 5. The maximum atomic E-state index is 12.2. The third-order valence-corrected chi connectivity index (χ3v) is 4.18. The Kier molecular flexibility index (Phi) is 4.60. The topological polar surface area (TPSA) is 91.0 Å². The van der Waals surface area contributed by atoms with E-state index in [0.717, 1.165) is 21.9 Å². The molecule has 0 unspecified atom stereocenters. The molecule has 0 atom stereocenters. The lowest BCUT2D eigenvalue weighted by atomic mass is 10.1. The number of nitrogens with two attached hydrogens (primary N) is 1. The monoisotopic (exact) mass is 372 g/mol. The molecule has 1 aliphatic rings. The summed E-state index contributed by atoms with van der Waals surface area (Å²) in [7, 11) is 0. The molecule has 0 bridgehead atoms. The van der Waals surface area contributed by atoms with Crippen LogP contribution in [0.25, 0.3) is 16.8 Å². The van der Waals surface area contributed by atoms with Gasteiger partial charge in [-0.3, -0.25) is 4.79 Å². The van der Waals surface area contributed by atoms with E-state index in [1.165, 1.54) is 0 Å². The molecule has 3 aromatic carbocycles. The normalized spacial score (nSPS) is 14.8. The van der Waals surface area contributed by atoms with E-state index in [1.807, 2.05) is 42.5 Å².